The molecule has 1 N–H and O–H groups in total. The number of rotatable bonds is 6. The largest absolute Gasteiger partial charge is 0.462 e. The molecule has 0 aliphatic rings. The van der Waals surface area contributed by atoms with E-state index in [0.29, 0.717) is 0 Å². The minimum absolute atomic E-state index is 0.0973. The molecule has 0 fully saturated rings. The average Bonchev–Trinajstić information content (AvgIpc) is 2.41. The van der Waals surface area contributed by atoms with Crippen molar-refractivity contribution in [2.75, 3.05) is 6.66 Å². The number of carbonyl (C=O) groups is 1. The second kappa shape index (κ2) is 10.6. The highest BCUT2D eigenvalue weighted by Gasteiger charge is 2.18. The normalized spacial score (nSPS) is 12.9. The van der Waals surface area contributed by atoms with Crippen molar-refractivity contribution in [3.8, 4) is 5.75 Å². The lowest BCUT2D eigenvalue weighted by Crippen LogP contribution is -2.34. The van der Waals surface area contributed by atoms with Crippen LogP contribution >= 0.6 is 8.30 Å². The summed E-state index contributed by atoms with van der Waals surface area (Å²) in [4.78, 5) is 11.6. The third-order valence-corrected chi connectivity index (χ3v) is 3.30. The lowest BCUT2D eigenvalue weighted by atomic mass is 10.3. The number of hydrogen-bond acceptors (Lipinski definition) is 4. The van der Waals surface area contributed by atoms with Crippen molar-refractivity contribution in [1.82, 2.24) is 5.09 Å². The van der Waals surface area contributed by atoms with Crippen LogP contribution in [0.25, 0.3) is 0 Å². The van der Waals surface area contributed by atoms with Gasteiger partial charge in [-0.15, -0.1) is 0 Å². The van der Waals surface area contributed by atoms with Gasteiger partial charge < -0.3 is 9.26 Å². The van der Waals surface area contributed by atoms with Gasteiger partial charge in [-0.3, -0.25) is 9.88 Å². The third-order valence-electron chi connectivity index (χ3n) is 2.07. The highest BCUT2D eigenvalue weighted by Crippen LogP contribution is 2.30. The summed E-state index contributed by atoms with van der Waals surface area (Å²) in [5.41, 5.74) is 0. The summed E-state index contributed by atoms with van der Waals surface area (Å²) in [6, 6.07) is 9.16. The first-order valence-corrected chi connectivity index (χ1v) is 8.63. The van der Waals surface area contributed by atoms with Gasteiger partial charge in [0.15, 0.2) is 8.30 Å². The number of para-hydroxylation sites is 1. The molecule has 20 heavy (non-hydrogen) atoms. The minimum atomic E-state index is -0.905. The van der Waals surface area contributed by atoms with Gasteiger partial charge in [0, 0.05) is 6.66 Å². The Kier molecular flexibility index (Phi) is 10.0. The van der Waals surface area contributed by atoms with E-state index >= 15 is 0 Å². The van der Waals surface area contributed by atoms with Crippen LogP contribution in [0, 0.1) is 0 Å². The van der Waals surface area contributed by atoms with E-state index in [-0.39, 0.29) is 18.1 Å². The number of nitrogens with one attached hydrogen (secondary N) is 1. The van der Waals surface area contributed by atoms with Crippen molar-refractivity contribution in [3.63, 3.8) is 0 Å². The molecular formula is C15H26NO3P. The standard InChI is InChI=1S/C13H20NO3P.C2H6/c1-10(2)16-13(15)11(3)14-18(4)17-12-8-6-5-7-9-12;1-2/h5-11,14H,1-4H3;1-2H3/t11-,18?;/m0./s1. The van der Waals surface area contributed by atoms with Crippen molar-refractivity contribution in [3.05, 3.63) is 30.3 Å². The summed E-state index contributed by atoms with van der Waals surface area (Å²) in [5, 5.41) is 3.10. The van der Waals surface area contributed by atoms with Gasteiger partial charge in [0.05, 0.1) is 6.10 Å². The number of hydrogen-bond donors (Lipinski definition) is 1. The van der Waals surface area contributed by atoms with E-state index in [1.165, 1.54) is 0 Å². The Morgan fingerprint density at radius 1 is 1.15 bits per heavy atom. The molecule has 5 heteroatoms. The van der Waals surface area contributed by atoms with Crippen LogP contribution in [0.1, 0.15) is 34.6 Å². The van der Waals surface area contributed by atoms with Gasteiger partial charge in [-0.25, -0.2) is 0 Å². The number of ether oxygens (including phenoxy) is 1. The Bertz CT molecular complexity index is 371. The van der Waals surface area contributed by atoms with Gasteiger partial charge in [-0.05, 0) is 32.9 Å². The van der Waals surface area contributed by atoms with E-state index in [2.05, 4.69) is 5.09 Å². The van der Waals surface area contributed by atoms with Crippen molar-refractivity contribution < 1.29 is 14.1 Å². The maximum atomic E-state index is 11.6. The summed E-state index contributed by atoms with van der Waals surface area (Å²) in [6.07, 6.45) is -0.0973. The lowest BCUT2D eigenvalue weighted by Gasteiger charge is -2.20. The second-order valence-electron chi connectivity index (χ2n) is 4.24. The van der Waals surface area contributed by atoms with Crippen LogP contribution in [0.15, 0.2) is 30.3 Å². The van der Waals surface area contributed by atoms with Crippen molar-refractivity contribution in [2.24, 2.45) is 0 Å². The Labute approximate surface area is 123 Å². The fraction of sp³-hybridized carbons (Fsp3) is 0.533. The van der Waals surface area contributed by atoms with Gasteiger partial charge >= 0.3 is 5.97 Å². The number of esters is 1. The predicted molar refractivity (Wildman–Crippen MR) is 85.1 cm³/mol. The van der Waals surface area contributed by atoms with Gasteiger partial charge in [0.2, 0.25) is 0 Å². The molecule has 1 aromatic rings. The zero-order valence-electron chi connectivity index (χ0n) is 13.2. The zero-order valence-corrected chi connectivity index (χ0v) is 14.1. The summed E-state index contributed by atoms with van der Waals surface area (Å²) < 4.78 is 10.8. The van der Waals surface area contributed by atoms with E-state index in [0.717, 1.165) is 5.75 Å². The smallest absolute Gasteiger partial charge is 0.323 e. The van der Waals surface area contributed by atoms with Crippen LogP contribution < -0.4 is 9.61 Å². The molecule has 4 nitrogen and oxygen atoms in total. The molecule has 1 rings (SSSR count). The fourth-order valence-corrected chi connectivity index (χ4v) is 2.47. The molecule has 0 bridgehead atoms. The molecule has 114 valence electrons. The molecule has 0 heterocycles. The highest BCUT2D eigenvalue weighted by atomic mass is 31.2. The topological polar surface area (TPSA) is 47.6 Å². The zero-order chi connectivity index (χ0) is 15.5. The SMILES string of the molecule is CC.CC(C)OC(=O)[C@H](C)NP(C)Oc1ccccc1. The second-order valence-corrected chi connectivity index (χ2v) is 5.67. The molecule has 2 atom stereocenters. The number of benzene rings is 1. The first kappa shape index (κ1) is 18.9. The van der Waals surface area contributed by atoms with E-state index in [1.807, 2.05) is 64.7 Å². The molecule has 0 saturated heterocycles. The van der Waals surface area contributed by atoms with Crippen LogP contribution in [-0.4, -0.2) is 24.8 Å². The van der Waals surface area contributed by atoms with Crippen LogP contribution in [0.2, 0.25) is 0 Å². The molecular weight excluding hydrogens is 273 g/mol. The van der Waals surface area contributed by atoms with Gasteiger partial charge in [-0.1, -0.05) is 32.0 Å². The quantitative estimate of drug-likeness (QED) is 0.638. The maximum absolute atomic E-state index is 11.6. The molecule has 0 spiro atoms. The summed E-state index contributed by atoms with van der Waals surface area (Å²) in [7, 11) is -0.905. The van der Waals surface area contributed by atoms with E-state index < -0.39 is 8.30 Å². The predicted octanol–water partition coefficient (Wildman–Crippen LogP) is 3.96. The average molecular weight is 299 g/mol. The van der Waals surface area contributed by atoms with Gasteiger partial charge in [-0.2, -0.15) is 0 Å². The molecule has 1 unspecified atom stereocenters. The Hall–Kier alpha value is -1.12. The van der Waals surface area contributed by atoms with Gasteiger partial charge in [0.25, 0.3) is 0 Å². The van der Waals surface area contributed by atoms with Crippen LogP contribution in [0.3, 0.4) is 0 Å². The Morgan fingerprint density at radius 3 is 2.20 bits per heavy atom. The van der Waals surface area contributed by atoms with Crippen molar-refractivity contribution in [1.29, 1.82) is 0 Å². The van der Waals surface area contributed by atoms with Crippen LogP contribution in [-0.2, 0) is 9.53 Å². The van der Waals surface area contributed by atoms with Gasteiger partial charge in [0.1, 0.15) is 11.8 Å². The maximum Gasteiger partial charge on any atom is 0.323 e. The number of carbonyl (C=O) groups excluding carboxylic acids is 1. The van der Waals surface area contributed by atoms with E-state index in [1.54, 1.807) is 6.92 Å². The molecule has 1 aromatic carbocycles. The monoisotopic (exact) mass is 299 g/mol. The minimum Gasteiger partial charge on any atom is -0.462 e. The molecule has 0 aliphatic carbocycles. The van der Waals surface area contributed by atoms with E-state index in [9.17, 15) is 4.79 Å². The van der Waals surface area contributed by atoms with Crippen LogP contribution in [0.4, 0.5) is 0 Å². The van der Waals surface area contributed by atoms with E-state index in [4.69, 9.17) is 9.26 Å². The Balaban J connectivity index is 0.00000172. The molecule has 0 saturated carbocycles. The molecule has 0 aliphatic heterocycles. The molecule has 0 amide bonds. The van der Waals surface area contributed by atoms with Crippen molar-refractivity contribution >= 4 is 14.3 Å². The first-order valence-electron chi connectivity index (χ1n) is 6.92. The van der Waals surface area contributed by atoms with Crippen molar-refractivity contribution in [2.45, 2.75) is 46.8 Å². The first-order chi connectivity index (χ1) is 9.49. The summed E-state index contributed by atoms with van der Waals surface area (Å²) >= 11 is 0. The van der Waals surface area contributed by atoms with Crippen LogP contribution in [0.5, 0.6) is 5.75 Å². The summed E-state index contributed by atoms with van der Waals surface area (Å²) in [6.45, 7) is 11.4. The molecule has 0 radical (unpaired) electrons. The third kappa shape index (κ3) is 8.13. The fourth-order valence-electron chi connectivity index (χ4n) is 1.33. The highest BCUT2D eigenvalue weighted by molar-refractivity contribution is 7.49. The summed E-state index contributed by atoms with van der Waals surface area (Å²) in [5.74, 6) is 0.541. The molecule has 0 aromatic heterocycles. The lowest BCUT2D eigenvalue weighted by molar-refractivity contribution is -0.148. The Morgan fingerprint density at radius 2 is 1.70 bits per heavy atom.